The number of nitrogens with zero attached hydrogens (tertiary/aromatic N) is 1. The molecule has 2 fully saturated rings. The first-order chi connectivity index (χ1) is 9.13. The molecule has 2 rings (SSSR count). The Labute approximate surface area is 120 Å². The summed E-state index contributed by atoms with van der Waals surface area (Å²) in [5, 5.41) is 3.82. The summed E-state index contributed by atoms with van der Waals surface area (Å²) in [6, 6.07) is 0.860. The van der Waals surface area contributed by atoms with Gasteiger partial charge in [0.2, 0.25) is 0 Å². The number of hydrogen-bond donors (Lipinski definition) is 1. The Balaban J connectivity index is 1.90. The van der Waals surface area contributed by atoms with Crippen LogP contribution in [0.2, 0.25) is 0 Å². The van der Waals surface area contributed by atoms with Gasteiger partial charge in [-0.15, -0.1) is 0 Å². The average Bonchev–Trinajstić information content (AvgIpc) is 3.20. The molecule has 0 radical (unpaired) electrons. The first kappa shape index (κ1) is 15.3. The first-order valence-corrected chi connectivity index (χ1v) is 8.59. The van der Waals surface area contributed by atoms with Crippen molar-refractivity contribution in [1.29, 1.82) is 0 Å². The molecular weight excluding hydrogens is 232 g/mol. The molecule has 2 nitrogen and oxygen atoms in total. The third-order valence-corrected chi connectivity index (χ3v) is 4.89. The maximum absolute atomic E-state index is 3.82. The molecule has 0 saturated heterocycles. The number of nitrogens with one attached hydrogen (secondary N) is 1. The molecule has 0 aromatic heterocycles. The number of rotatable bonds is 8. The minimum atomic E-state index is 0.575. The summed E-state index contributed by atoms with van der Waals surface area (Å²) in [6.07, 6.45) is 10.1. The Bertz CT molecular complexity index is 252. The Morgan fingerprint density at radius 1 is 1.16 bits per heavy atom. The van der Waals surface area contributed by atoms with Crippen molar-refractivity contribution < 1.29 is 0 Å². The van der Waals surface area contributed by atoms with E-state index < -0.39 is 0 Å². The van der Waals surface area contributed by atoms with Gasteiger partial charge < -0.3 is 10.2 Å². The lowest BCUT2D eigenvalue weighted by molar-refractivity contribution is 0.0976. The Morgan fingerprint density at radius 3 is 2.37 bits per heavy atom. The molecule has 0 aromatic rings. The fourth-order valence-corrected chi connectivity index (χ4v) is 3.64. The summed E-state index contributed by atoms with van der Waals surface area (Å²) in [4.78, 5) is 2.70. The van der Waals surface area contributed by atoms with Crippen molar-refractivity contribution >= 4 is 0 Å². The van der Waals surface area contributed by atoms with E-state index in [2.05, 4.69) is 31.0 Å². The summed E-state index contributed by atoms with van der Waals surface area (Å²) in [7, 11) is 0. The van der Waals surface area contributed by atoms with Gasteiger partial charge in [-0.05, 0) is 43.6 Å². The SMILES string of the molecule is CCN(CC(C)C)CC1(CNC2CC2)CCCCC1. The van der Waals surface area contributed by atoms with Crippen LogP contribution in [0, 0.1) is 11.3 Å². The van der Waals surface area contributed by atoms with Gasteiger partial charge in [-0.3, -0.25) is 0 Å². The lowest BCUT2D eigenvalue weighted by atomic mass is 9.73. The maximum atomic E-state index is 3.82. The standard InChI is InChI=1S/C17H34N2/c1-4-19(12-15(2)3)14-17(10-6-5-7-11-17)13-18-16-8-9-16/h15-16,18H,4-14H2,1-3H3. The van der Waals surface area contributed by atoms with Gasteiger partial charge in [0.1, 0.15) is 0 Å². The van der Waals surface area contributed by atoms with Crippen LogP contribution in [0.5, 0.6) is 0 Å². The quantitative estimate of drug-likeness (QED) is 0.721. The van der Waals surface area contributed by atoms with E-state index >= 15 is 0 Å². The predicted octanol–water partition coefficient (Wildman–Crippen LogP) is 3.67. The zero-order valence-electron chi connectivity index (χ0n) is 13.4. The Hall–Kier alpha value is -0.0800. The van der Waals surface area contributed by atoms with E-state index in [0.717, 1.165) is 12.0 Å². The van der Waals surface area contributed by atoms with Crippen LogP contribution in [-0.4, -0.2) is 37.1 Å². The van der Waals surface area contributed by atoms with Crippen LogP contribution in [0.15, 0.2) is 0 Å². The second kappa shape index (κ2) is 7.08. The summed E-state index contributed by atoms with van der Waals surface area (Å²) in [6.45, 7) is 12.1. The molecule has 0 spiro atoms. The van der Waals surface area contributed by atoms with Crippen molar-refractivity contribution in [2.75, 3.05) is 26.2 Å². The van der Waals surface area contributed by atoms with Gasteiger partial charge in [-0.1, -0.05) is 40.0 Å². The molecule has 1 N–H and O–H groups in total. The van der Waals surface area contributed by atoms with Crippen molar-refractivity contribution in [2.24, 2.45) is 11.3 Å². The van der Waals surface area contributed by atoms with E-state index in [1.165, 1.54) is 71.1 Å². The van der Waals surface area contributed by atoms with Crippen LogP contribution in [-0.2, 0) is 0 Å². The van der Waals surface area contributed by atoms with E-state index in [1.54, 1.807) is 0 Å². The average molecular weight is 266 g/mol. The fourth-order valence-electron chi connectivity index (χ4n) is 3.64. The molecular formula is C17H34N2. The molecule has 19 heavy (non-hydrogen) atoms. The summed E-state index contributed by atoms with van der Waals surface area (Å²) in [5.74, 6) is 0.789. The largest absolute Gasteiger partial charge is 0.313 e. The third kappa shape index (κ3) is 5.07. The monoisotopic (exact) mass is 266 g/mol. The Morgan fingerprint density at radius 2 is 1.84 bits per heavy atom. The number of hydrogen-bond acceptors (Lipinski definition) is 2. The molecule has 2 aliphatic rings. The van der Waals surface area contributed by atoms with Crippen LogP contribution in [0.3, 0.4) is 0 Å². The van der Waals surface area contributed by atoms with Gasteiger partial charge in [0.25, 0.3) is 0 Å². The highest BCUT2D eigenvalue weighted by molar-refractivity contribution is 4.91. The lowest BCUT2D eigenvalue weighted by Crippen LogP contribution is -2.46. The van der Waals surface area contributed by atoms with Crippen molar-refractivity contribution in [3.8, 4) is 0 Å². The van der Waals surface area contributed by atoms with Gasteiger partial charge in [0.15, 0.2) is 0 Å². The van der Waals surface area contributed by atoms with Crippen LogP contribution in [0.1, 0.15) is 65.7 Å². The molecule has 0 heterocycles. The molecule has 0 aromatic carbocycles. The van der Waals surface area contributed by atoms with Crippen molar-refractivity contribution in [3.63, 3.8) is 0 Å². The highest BCUT2D eigenvalue weighted by Crippen LogP contribution is 2.37. The normalized spacial score (nSPS) is 23.2. The van der Waals surface area contributed by atoms with E-state index in [1.807, 2.05) is 0 Å². The van der Waals surface area contributed by atoms with Crippen molar-refractivity contribution in [3.05, 3.63) is 0 Å². The van der Waals surface area contributed by atoms with E-state index in [9.17, 15) is 0 Å². The van der Waals surface area contributed by atoms with Crippen LogP contribution in [0.25, 0.3) is 0 Å². The minimum absolute atomic E-state index is 0.575. The van der Waals surface area contributed by atoms with Crippen LogP contribution in [0.4, 0.5) is 0 Å². The highest BCUT2D eigenvalue weighted by atomic mass is 15.1. The van der Waals surface area contributed by atoms with E-state index in [0.29, 0.717) is 5.41 Å². The molecule has 2 saturated carbocycles. The molecule has 0 atom stereocenters. The van der Waals surface area contributed by atoms with Crippen molar-refractivity contribution in [2.45, 2.75) is 71.8 Å². The summed E-state index contributed by atoms with van der Waals surface area (Å²) >= 11 is 0. The van der Waals surface area contributed by atoms with Crippen LogP contribution >= 0.6 is 0 Å². The smallest absolute Gasteiger partial charge is 0.00684 e. The summed E-state index contributed by atoms with van der Waals surface area (Å²) in [5.41, 5.74) is 0.575. The molecule has 0 unspecified atom stereocenters. The predicted molar refractivity (Wildman–Crippen MR) is 83.5 cm³/mol. The second-order valence-electron chi connectivity index (χ2n) is 7.44. The zero-order chi connectivity index (χ0) is 13.7. The van der Waals surface area contributed by atoms with Gasteiger partial charge in [-0.2, -0.15) is 0 Å². The molecule has 2 heteroatoms. The third-order valence-electron chi connectivity index (χ3n) is 4.89. The van der Waals surface area contributed by atoms with Gasteiger partial charge in [0.05, 0.1) is 0 Å². The van der Waals surface area contributed by atoms with Gasteiger partial charge >= 0.3 is 0 Å². The van der Waals surface area contributed by atoms with Crippen molar-refractivity contribution in [1.82, 2.24) is 10.2 Å². The molecule has 0 amide bonds. The molecule has 2 aliphatic carbocycles. The van der Waals surface area contributed by atoms with E-state index in [4.69, 9.17) is 0 Å². The topological polar surface area (TPSA) is 15.3 Å². The zero-order valence-corrected chi connectivity index (χ0v) is 13.4. The van der Waals surface area contributed by atoms with Gasteiger partial charge in [-0.25, -0.2) is 0 Å². The minimum Gasteiger partial charge on any atom is -0.313 e. The maximum Gasteiger partial charge on any atom is 0.00684 e. The summed E-state index contributed by atoms with van der Waals surface area (Å²) < 4.78 is 0. The van der Waals surface area contributed by atoms with Crippen LogP contribution < -0.4 is 5.32 Å². The molecule has 0 aliphatic heterocycles. The second-order valence-corrected chi connectivity index (χ2v) is 7.44. The molecule has 0 bridgehead atoms. The highest BCUT2D eigenvalue weighted by Gasteiger charge is 2.35. The first-order valence-electron chi connectivity index (χ1n) is 8.59. The fraction of sp³-hybridized carbons (Fsp3) is 1.00. The lowest BCUT2D eigenvalue weighted by Gasteiger charge is -2.42. The Kier molecular flexibility index (Phi) is 5.70. The van der Waals surface area contributed by atoms with Gasteiger partial charge in [0, 0.05) is 25.7 Å². The van der Waals surface area contributed by atoms with E-state index in [-0.39, 0.29) is 0 Å². The molecule has 112 valence electrons.